The van der Waals surface area contributed by atoms with E-state index >= 15 is 0 Å². The van der Waals surface area contributed by atoms with E-state index in [9.17, 15) is 5.11 Å². The van der Waals surface area contributed by atoms with Crippen LogP contribution in [0.25, 0.3) is 0 Å². The van der Waals surface area contributed by atoms with E-state index in [1.165, 1.54) is 22.3 Å². The zero-order valence-corrected chi connectivity index (χ0v) is 13.5. The predicted molar refractivity (Wildman–Crippen MR) is 87.0 cm³/mol. The van der Waals surface area contributed by atoms with Gasteiger partial charge in [0.2, 0.25) is 0 Å². The third-order valence-electron chi connectivity index (χ3n) is 3.99. The number of aliphatic hydroxyl groups is 1. The molecule has 0 radical (unpaired) electrons. The second-order valence-electron chi connectivity index (χ2n) is 5.84. The predicted octanol–water partition coefficient (Wildman–Crippen LogP) is 4.20. The standard InChI is InChI=1S/C19H24O2/c1-12-6-7-16(19(10-12)21-5)18(20)11-17-14(3)8-13(2)9-15(17)4/h6-10,18,20H,11H2,1-5H3. The Balaban J connectivity index is 2.32. The fraction of sp³-hybridized carbons (Fsp3) is 0.368. The number of aliphatic hydroxyl groups excluding tert-OH is 1. The molecule has 0 aliphatic carbocycles. The highest BCUT2D eigenvalue weighted by Gasteiger charge is 2.16. The molecule has 0 bridgehead atoms. The lowest BCUT2D eigenvalue weighted by molar-refractivity contribution is 0.173. The van der Waals surface area contributed by atoms with Gasteiger partial charge >= 0.3 is 0 Å². The summed E-state index contributed by atoms with van der Waals surface area (Å²) in [6, 6.07) is 10.3. The lowest BCUT2D eigenvalue weighted by atomic mass is 9.92. The Bertz CT molecular complexity index is 621. The minimum Gasteiger partial charge on any atom is -0.496 e. The van der Waals surface area contributed by atoms with Crippen LogP contribution in [-0.2, 0) is 6.42 Å². The summed E-state index contributed by atoms with van der Waals surface area (Å²) in [5.41, 5.74) is 6.93. The van der Waals surface area contributed by atoms with Gasteiger partial charge in [-0.25, -0.2) is 0 Å². The summed E-state index contributed by atoms with van der Waals surface area (Å²) in [7, 11) is 1.65. The highest BCUT2D eigenvalue weighted by Crippen LogP contribution is 2.30. The number of aryl methyl sites for hydroxylation is 4. The van der Waals surface area contributed by atoms with Gasteiger partial charge in [-0.1, -0.05) is 29.8 Å². The summed E-state index contributed by atoms with van der Waals surface area (Å²) in [6.45, 7) is 8.33. The minimum atomic E-state index is -0.555. The van der Waals surface area contributed by atoms with Crippen molar-refractivity contribution in [3.05, 3.63) is 63.7 Å². The molecule has 2 aromatic rings. The molecule has 0 amide bonds. The Morgan fingerprint density at radius 3 is 2.14 bits per heavy atom. The quantitative estimate of drug-likeness (QED) is 0.911. The average Bonchev–Trinajstić information content (AvgIpc) is 2.42. The molecule has 2 nitrogen and oxygen atoms in total. The molecule has 2 heteroatoms. The van der Waals surface area contributed by atoms with Gasteiger partial charge in [-0.05, 0) is 56.0 Å². The van der Waals surface area contributed by atoms with Crippen LogP contribution in [-0.4, -0.2) is 12.2 Å². The monoisotopic (exact) mass is 284 g/mol. The third kappa shape index (κ3) is 3.45. The van der Waals surface area contributed by atoms with Crippen LogP contribution in [0.5, 0.6) is 5.75 Å². The van der Waals surface area contributed by atoms with Crippen LogP contribution in [0.2, 0.25) is 0 Å². The smallest absolute Gasteiger partial charge is 0.124 e. The van der Waals surface area contributed by atoms with Gasteiger partial charge in [-0.2, -0.15) is 0 Å². The van der Waals surface area contributed by atoms with Crippen molar-refractivity contribution in [2.24, 2.45) is 0 Å². The third-order valence-corrected chi connectivity index (χ3v) is 3.99. The second kappa shape index (κ2) is 6.31. The number of ether oxygens (including phenoxy) is 1. The first-order valence-electron chi connectivity index (χ1n) is 7.31. The molecule has 0 aromatic heterocycles. The molecule has 0 saturated carbocycles. The van der Waals surface area contributed by atoms with E-state index in [0.29, 0.717) is 6.42 Å². The summed E-state index contributed by atoms with van der Waals surface area (Å²) < 4.78 is 5.40. The van der Waals surface area contributed by atoms with Gasteiger partial charge in [-0.3, -0.25) is 0 Å². The number of rotatable bonds is 4. The fourth-order valence-electron chi connectivity index (χ4n) is 2.93. The molecule has 0 aliphatic heterocycles. The lowest BCUT2D eigenvalue weighted by Gasteiger charge is -2.18. The molecule has 1 N–H and O–H groups in total. The molecule has 2 rings (SSSR count). The molecule has 0 fully saturated rings. The van der Waals surface area contributed by atoms with Gasteiger partial charge in [0, 0.05) is 12.0 Å². The largest absolute Gasteiger partial charge is 0.496 e. The Kier molecular flexibility index (Phi) is 4.69. The first kappa shape index (κ1) is 15.6. The summed E-state index contributed by atoms with van der Waals surface area (Å²) in [5, 5.41) is 10.6. The highest BCUT2D eigenvalue weighted by atomic mass is 16.5. The Morgan fingerprint density at radius 2 is 1.57 bits per heavy atom. The zero-order valence-electron chi connectivity index (χ0n) is 13.5. The fourth-order valence-corrected chi connectivity index (χ4v) is 2.93. The molecule has 0 saturated heterocycles. The van der Waals surface area contributed by atoms with Crippen molar-refractivity contribution >= 4 is 0 Å². The average molecular weight is 284 g/mol. The van der Waals surface area contributed by atoms with E-state index < -0.39 is 6.10 Å². The topological polar surface area (TPSA) is 29.5 Å². The normalized spacial score (nSPS) is 12.3. The van der Waals surface area contributed by atoms with E-state index in [1.54, 1.807) is 7.11 Å². The summed E-state index contributed by atoms with van der Waals surface area (Å²) in [6.07, 6.45) is 0.0536. The van der Waals surface area contributed by atoms with E-state index in [0.717, 1.165) is 16.9 Å². The van der Waals surface area contributed by atoms with Crippen molar-refractivity contribution in [3.63, 3.8) is 0 Å². The molecule has 0 heterocycles. The van der Waals surface area contributed by atoms with Crippen molar-refractivity contribution in [1.29, 1.82) is 0 Å². The van der Waals surface area contributed by atoms with Crippen LogP contribution in [0.4, 0.5) is 0 Å². The molecule has 112 valence electrons. The van der Waals surface area contributed by atoms with E-state index in [4.69, 9.17) is 4.74 Å². The van der Waals surface area contributed by atoms with Gasteiger partial charge in [0.25, 0.3) is 0 Å². The molecule has 2 aromatic carbocycles. The molecule has 0 spiro atoms. The van der Waals surface area contributed by atoms with Crippen LogP contribution in [0.1, 0.15) is 39.5 Å². The number of hydrogen-bond acceptors (Lipinski definition) is 2. The van der Waals surface area contributed by atoms with E-state index in [2.05, 4.69) is 32.9 Å². The summed E-state index contributed by atoms with van der Waals surface area (Å²) >= 11 is 0. The van der Waals surface area contributed by atoms with Crippen molar-refractivity contribution in [2.75, 3.05) is 7.11 Å². The second-order valence-corrected chi connectivity index (χ2v) is 5.84. The van der Waals surface area contributed by atoms with Gasteiger partial charge in [0.15, 0.2) is 0 Å². The van der Waals surface area contributed by atoms with Crippen LogP contribution in [0.3, 0.4) is 0 Å². The van der Waals surface area contributed by atoms with Crippen LogP contribution < -0.4 is 4.74 Å². The highest BCUT2D eigenvalue weighted by molar-refractivity contribution is 5.42. The van der Waals surface area contributed by atoms with Gasteiger partial charge in [-0.15, -0.1) is 0 Å². The van der Waals surface area contributed by atoms with Crippen LogP contribution in [0, 0.1) is 27.7 Å². The van der Waals surface area contributed by atoms with Crippen LogP contribution >= 0.6 is 0 Å². The minimum absolute atomic E-state index is 0.555. The first-order chi connectivity index (χ1) is 9.92. The van der Waals surface area contributed by atoms with Gasteiger partial charge in [0.05, 0.1) is 13.2 Å². The molecule has 0 aliphatic rings. The molecule has 1 unspecified atom stereocenters. The number of benzene rings is 2. The molecule has 21 heavy (non-hydrogen) atoms. The summed E-state index contributed by atoms with van der Waals surface area (Å²) in [4.78, 5) is 0. The summed E-state index contributed by atoms with van der Waals surface area (Å²) in [5.74, 6) is 0.755. The SMILES string of the molecule is COc1cc(C)ccc1C(O)Cc1c(C)cc(C)cc1C. The Labute approximate surface area is 127 Å². The maximum absolute atomic E-state index is 10.6. The number of hydrogen-bond donors (Lipinski definition) is 1. The van der Waals surface area contributed by atoms with E-state index in [1.807, 2.05) is 25.1 Å². The van der Waals surface area contributed by atoms with E-state index in [-0.39, 0.29) is 0 Å². The molecular formula is C19H24O2. The van der Waals surface area contributed by atoms with Crippen molar-refractivity contribution < 1.29 is 9.84 Å². The number of methoxy groups -OCH3 is 1. The van der Waals surface area contributed by atoms with Crippen molar-refractivity contribution in [1.82, 2.24) is 0 Å². The lowest BCUT2D eigenvalue weighted by Crippen LogP contribution is -2.07. The maximum Gasteiger partial charge on any atom is 0.124 e. The molecular weight excluding hydrogens is 260 g/mol. The zero-order chi connectivity index (χ0) is 15.6. The van der Waals surface area contributed by atoms with Crippen molar-refractivity contribution in [3.8, 4) is 5.75 Å². The van der Waals surface area contributed by atoms with Crippen molar-refractivity contribution in [2.45, 2.75) is 40.2 Å². The maximum atomic E-state index is 10.6. The van der Waals surface area contributed by atoms with Gasteiger partial charge in [0.1, 0.15) is 5.75 Å². The van der Waals surface area contributed by atoms with Crippen LogP contribution in [0.15, 0.2) is 30.3 Å². The Morgan fingerprint density at radius 1 is 0.952 bits per heavy atom. The molecule has 1 atom stereocenters. The van der Waals surface area contributed by atoms with Gasteiger partial charge < -0.3 is 9.84 Å². The Hall–Kier alpha value is -1.80. The first-order valence-corrected chi connectivity index (χ1v) is 7.31.